The molecule has 9 nitrogen and oxygen atoms in total. The minimum absolute atomic E-state index is 0.300. The minimum Gasteiger partial charge on any atom is -0.463 e. The lowest BCUT2D eigenvalue weighted by molar-refractivity contribution is -0.254. The summed E-state index contributed by atoms with van der Waals surface area (Å²) in [5.41, 5.74) is 4.63. The van der Waals surface area contributed by atoms with Crippen molar-refractivity contribution in [1.29, 1.82) is 0 Å². The number of halogens is 1. The first-order valence-corrected chi connectivity index (χ1v) is 14.5. The van der Waals surface area contributed by atoms with Crippen molar-refractivity contribution in [3.05, 3.63) is 81.0 Å². The van der Waals surface area contributed by atoms with E-state index >= 15 is 0 Å². The van der Waals surface area contributed by atoms with Gasteiger partial charge in [-0.3, -0.25) is 19.2 Å². The average molecular weight is 615 g/mol. The Morgan fingerprint density at radius 3 is 2.02 bits per heavy atom. The highest BCUT2D eigenvalue weighted by molar-refractivity contribution is 7.08. The van der Waals surface area contributed by atoms with Gasteiger partial charge < -0.3 is 23.7 Å². The summed E-state index contributed by atoms with van der Waals surface area (Å²) in [5.74, 6) is -2.62. The third-order valence-corrected chi connectivity index (χ3v) is 7.64. The van der Waals surface area contributed by atoms with Gasteiger partial charge in [0.05, 0.1) is 0 Å². The highest BCUT2D eigenvalue weighted by Gasteiger charge is 2.52. The van der Waals surface area contributed by atoms with Crippen LogP contribution in [0.5, 0.6) is 0 Å². The second-order valence-electron chi connectivity index (χ2n) is 9.86. The summed E-state index contributed by atoms with van der Waals surface area (Å²) in [6, 6.07) is 15.5. The van der Waals surface area contributed by atoms with Crippen LogP contribution in [-0.4, -0.2) is 54.9 Å². The molecule has 4 rings (SSSR count). The number of carbonyl (C=O) groups is 4. The molecular weight excluding hydrogens is 584 g/mol. The van der Waals surface area contributed by atoms with E-state index < -0.39 is 54.4 Å². The van der Waals surface area contributed by atoms with E-state index in [0.29, 0.717) is 17.0 Å². The predicted octanol–water partition coefficient (Wildman–Crippen LogP) is 5.46. The van der Waals surface area contributed by atoms with Gasteiger partial charge in [0, 0.05) is 32.7 Å². The molecule has 0 unspecified atom stereocenters. The molecule has 42 heavy (non-hydrogen) atoms. The summed E-state index contributed by atoms with van der Waals surface area (Å²) >= 11 is 8.24. The number of ether oxygens (including phenoxy) is 5. The summed E-state index contributed by atoms with van der Waals surface area (Å²) in [6.07, 6.45) is -5.19. The Balaban J connectivity index is 1.70. The molecule has 2 aromatic carbocycles. The zero-order valence-corrected chi connectivity index (χ0v) is 25.1. The van der Waals surface area contributed by atoms with E-state index in [9.17, 15) is 19.2 Å². The maximum atomic E-state index is 12.2. The van der Waals surface area contributed by atoms with Crippen LogP contribution >= 0.6 is 22.9 Å². The number of thiophene rings is 1. The normalized spacial score (nSPS) is 21.7. The van der Waals surface area contributed by atoms with Crippen molar-refractivity contribution in [1.82, 2.24) is 0 Å². The monoisotopic (exact) mass is 614 g/mol. The van der Waals surface area contributed by atoms with Crippen LogP contribution in [0, 0.1) is 0 Å². The van der Waals surface area contributed by atoms with Gasteiger partial charge in [-0.25, -0.2) is 0 Å². The molecule has 0 radical (unpaired) electrons. The van der Waals surface area contributed by atoms with E-state index in [-0.39, 0.29) is 6.61 Å². The molecule has 0 bridgehead atoms. The summed E-state index contributed by atoms with van der Waals surface area (Å²) in [6.45, 7) is 4.50. The van der Waals surface area contributed by atoms with E-state index in [0.717, 1.165) is 22.3 Å². The van der Waals surface area contributed by atoms with Crippen LogP contribution < -0.4 is 0 Å². The van der Waals surface area contributed by atoms with Gasteiger partial charge in [0.2, 0.25) is 0 Å². The third-order valence-electron chi connectivity index (χ3n) is 6.59. The molecule has 0 amide bonds. The number of esters is 4. The van der Waals surface area contributed by atoms with Gasteiger partial charge in [0.1, 0.15) is 18.8 Å². The Morgan fingerprint density at radius 2 is 1.43 bits per heavy atom. The highest BCUT2D eigenvalue weighted by Crippen LogP contribution is 2.39. The molecular formula is C31H31ClO9S. The Labute approximate surface area is 252 Å². The molecule has 2 heterocycles. The maximum Gasteiger partial charge on any atom is 0.303 e. The van der Waals surface area contributed by atoms with E-state index in [1.165, 1.54) is 27.7 Å². The largest absolute Gasteiger partial charge is 0.463 e. The van der Waals surface area contributed by atoms with Crippen LogP contribution in [-0.2, 0) is 49.3 Å². The van der Waals surface area contributed by atoms with Gasteiger partial charge in [-0.05, 0) is 57.1 Å². The second-order valence-corrected chi connectivity index (χ2v) is 11.0. The first-order valence-electron chi connectivity index (χ1n) is 13.2. The number of hydrogen-bond donors (Lipinski definition) is 0. The second kappa shape index (κ2) is 14.0. The molecule has 0 spiro atoms. The Kier molecular flexibility index (Phi) is 10.4. The molecule has 1 aromatic heterocycles. The van der Waals surface area contributed by atoms with Crippen molar-refractivity contribution in [2.45, 2.75) is 64.6 Å². The lowest BCUT2D eigenvalue weighted by Gasteiger charge is -2.44. The standard InChI is InChI=1S/C31H31ClO9S/c1-17(33)37-15-27-29(38-18(2)34)31(40-20(4)36)30(39-19(3)35)28(41-27)23-9-10-26(32)25(14-23)13-21-5-7-22(8-6-21)24-11-12-42-16-24/h5-12,14,16,27-31H,13,15H2,1-4H3/t27-,28+,29-,30+,31+/m1/s1. The summed E-state index contributed by atoms with van der Waals surface area (Å²) < 4.78 is 28.1. The van der Waals surface area contributed by atoms with Gasteiger partial charge in [0.25, 0.3) is 0 Å². The molecule has 11 heteroatoms. The van der Waals surface area contributed by atoms with Crippen LogP contribution in [0.15, 0.2) is 59.3 Å². The van der Waals surface area contributed by atoms with Crippen LogP contribution in [0.4, 0.5) is 0 Å². The maximum absolute atomic E-state index is 12.2. The lowest BCUT2D eigenvalue weighted by Crippen LogP contribution is -2.59. The topological polar surface area (TPSA) is 114 Å². The fraction of sp³-hybridized carbons (Fsp3) is 0.355. The van der Waals surface area contributed by atoms with E-state index in [4.69, 9.17) is 35.3 Å². The van der Waals surface area contributed by atoms with E-state index in [1.807, 2.05) is 23.6 Å². The Hall–Kier alpha value is -3.73. The molecule has 0 aliphatic carbocycles. The van der Waals surface area contributed by atoms with Gasteiger partial charge in [-0.15, -0.1) is 0 Å². The lowest BCUT2D eigenvalue weighted by atomic mass is 9.89. The van der Waals surface area contributed by atoms with Crippen molar-refractivity contribution in [3.8, 4) is 11.1 Å². The Morgan fingerprint density at radius 1 is 0.786 bits per heavy atom. The van der Waals surface area contributed by atoms with Gasteiger partial charge in [-0.1, -0.05) is 48.0 Å². The number of rotatable bonds is 9. The smallest absolute Gasteiger partial charge is 0.303 e. The summed E-state index contributed by atoms with van der Waals surface area (Å²) in [7, 11) is 0. The van der Waals surface area contributed by atoms with Crippen molar-refractivity contribution in [3.63, 3.8) is 0 Å². The van der Waals surface area contributed by atoms with Crippen LogP contribution in [0.3, 0.4) is 0 Å². The van der Waals surface area contributed by atoms with Gasteiger partial charge in [0.15, 0.2) is 18.3 Å². The highest BCUT2D eigenvalue weighted by atomic mass is 35.5. The molecule has 1 aliphatic heterocycles. The number of hydrogen-bond acceptors (Lipinski definition) is 10. The SMILES string of the molecule is CC(=O)OC[C@H]1O[C@@H](c2ccc(Cl)c(Cc3ccc(-c4ccsc4)cc3)c2)[C@H](OC(C)=O)[C@@H](OC(C)=O)[C@@H]1OC(C)=O. The van der Waals surface area contributed by atoms with Crippen molar-refractivity contribution in [2.24, 2.45) is 0 Å². The third kappa shape index (κ3) is 7.96. The Bertz CT molecular complexity index is 1420. The molecule has 3 aromatic rings. The average Bonchev–Trinajstić information content (AvgIpc) is 3.46. The van der Waals surface area contributed by atoms with Crippen LogP contribution in [0.2, 0.25) is 5.02 Å². The first kappa shape index (κ1) is 31.2. The van der Waals surface area contributed by atoms with Crippen LogP contribution in [0.1, 0.15) is 50.5 Å². The van der Waals surface area contributed by atoms with E-state index in [2.05, 4.69) is 23.6 Å². The molecule has 1 fully saturated rings. The zero-order chi connectivity index (χ0) is 30.4. The van der Waals surface area contributed by atoms with E-state index in [1.54, 1.807) is 23.5 Å². The number of benzene rings is 2. The predicted molar refractivity (Wildman–Crippen MR) is 155 cm³/mol. The van der Waals surface area contributed by atoms with Crippen molar-refractivity contribution < 1.29 is 42.9 Å². The van der Waals surface area contributed by atoms with Gasteiger partial charge in [-0.2, -0.15) is 11.3 Å². The molecule has 0 N–H and O–H groups in total. The van der Waals surface area contributed by atoms with Crippen molar-refractivity contribution in [2.75, 3.05) is 6.61 Å². The van der Waals surface area contributed by atoms with Crippen molar-refractivity contribution >= 4 is 46.8 Å². The molecule has 1 aliphatic rings. The molecule has 1 saturated heterocycles. The molecule has 222 valence electrons. The summed E-state index contributed by atoms with van der Waals surface area (Å²) in [5, 5.41) is 4.64. The summed E-state index contributed by atoms with van der Waals surface area (Å²) in [4.78, 5) is 48.0. The number of carbonyl (C=O) groups excluding carboxylic acids is 4. The fourth-order valence-electron chi connectivity index (χ4n) is 4.87. The van der Waals surface area contributed by atoms with Crippen LogP contribution in [0.25, 0.3) is 11.1 Å². The first-order chi connectivity index (χ1) is 20.0. The zero-order valence-electron chi connectivity index (χ0n) is 23.5. The minimum atomic E-state index is -1.25. The molecule has 0 saturated carbocycles. The quantitative estimate of drug-likeness (QED) is 0.229. The molecule has 5 atom stereocenters. The fourth-order valence-corrected chi connectivity index (χ4v) is 5.72. The van der Waals surface area contributed by atoms with Gasteiger partial charge >= 0.3 is 23.9 Å².